The number of benzene rings is 1. The molecule has 2 aromatic rings. The fraction of sp³-hybridized carbons (Fsp3) is 0.250. The maximum atomic E-state index is 12.8. The number of nitrogens with two attached hydrogens (primary N) is 1. The van der Waals surface area contributed by atoms with Gasteiger partial charge in [0, 0.05) is 54.4 Å². The minimum atomic E-state index is -0.215. The summed E-state index contributed by atoms with van der Waals surface area (Å²) in [5.41, 5.74) is 10.7. The predicted molar refractivity (Wildman–Crippen MR) is 124 cm³/mol. The molecule has 1 aliphatic carbocycles. The molecule has 4 N–H and O–H groups in total. The third-order valence-electron chi connectivity index (χ3n) is 5.31. The Hall–Kier alpha value is -3.00. The van der Waals surface area contributed by atoms with Gasteiger partial charge >= 0.3 is 0 Å². The first-order chi connectivity index (χ1) is 15.0. The molecule has 4 rings (SSSR count). The van der Waals surface area contributed by atoms with E-state index in [1.807, 2.05) is 47.9 Å². The lowest BCUT2D eigenvalue weighted by Gasteiger charge is -2.21. The van der Waals surface area contributed by atoms with Crippen LogP contribution in [0.5, 0.6) is 0 Å². The second-order valence-electron chi connectivity index (χ2n) is 7.81. The fourth-order valence-corrected chi connectivity index (χ4v) is 4.47. The average Bonchev–Trinajstić information content (AvgIpc) is 3.42. The Bertz CT molecular complexity index is 1050. The monoisotopic (exact) mass is 434 g/mol. The molecule has 0 saturated heterocycles. The molecule has 2 heterocycles. The molecule has 0 fully saturated rings. The smallest absolute Gasteiger partial charge is 0.255 e. The maximum absolute atomic E-state index is 12.8. The lowest BCUT2D eigenvalue weighted by molar-refractivity contribution is -0.118. The van der Waals surface area contributed by atoms with Crippen LogP contribution in [-0.2, 0) is 11.3 Å². The van der Waals surface area contributed by atoms with Gasteiger partial charge in [-0.05, 0) is 53.3 Å². The van der Waals surface area contributed by atoms with E-state index in [1.165, 1.54) is 11.8 Å². The van der Waals surface area contributed by atoms with Crippen LogP contribution in [0.1, 0.15) is 34.1 Å². The Morgan fingerprint density at radius 1 is 1.16 bits per heavy atom. The Labute approximate surface area is 186 Å². The maximum Gasteiger partial charge on any atom is 0.255 e. The topological polar surface area (TPSA) is 87.5 Å². The molecule has 0 radical (unpaired) electrons. The molecule has 0 spiro atoms. The third-order valence-corrected chi connectivity index (χ3v) is 6.23. The molecule has 1 aromatic carbocycles. The molecule has 1 aromatic heterocycles. The van der Waals surface area contributed by atoms with Gasteiger partial charge in [0.05, 0.1) is 0 Å². The predicted octanol–water partition coefficient (Wildman–Crippen LogP) is 3.01. The van der Waals surface area contributed by atoms with Crippen LogP contribution in [0, 0.1) is 0 Å². The minimum absolute atomic E-state index is 0.0470. The van der Waals surface area contributed by atoms with Crippen molar-refractivity contribution in [2.24, 2.45) is 5.73 Å². The summed E-state index contributed by atoms with van der Waals surface area (Å²) >= 11 is 1.67. The third kappa shape index (κ3) is 5.38. The second-order valence-corrected chi connectivity index (χ2v) is 8.76. The number of thiophene rings is 1. The summed E-state index contributed by atoms with van der Waals surface area (Å²) in [5.74, 6) is -0.203. The number of nitrogens with zero attached hydrogens (tertiary/aromatic N) is 1. The largest absolute Gasteiger partial charge is 0.329 e. The molecule has 0 bridgehead atoms. The summed E-state index contributed by atoms with van der Waals surface area (Å²) in [4.78, 5) is 27.3. The van der Waals surface area contributed by atoms with Gasteiger partial charge < -0.3 is 16.4 Å². The number of hydrogen-bond acceptors (Lipinski definition) is 5. The molecular formula is C24H26N4O2S. The van der Waals surface area contributed by atoms with Crippen molar-refractivity contribution in [2.75, 3.05) is 13.1 Å². The molecule has 1 aliphatic heterocycles. The number of amides is 2. The molecular weight excluding hydrogens is 408 g/mol. The van der Waals surface area contributed by atoms with Gasteiger partial charge in [-0.2, -0.15) is 0 Å². The lowest BCUT2D eigenvalue weighted by atomic mass is 9.98. The van der Waals surface area contributed by atoms with Gasteiger partial charge in [-0.3, -0.25) is 14.5 Å². The van der Waals surface area contributed by atoms with Crippen LogP contribution >= 0.6 is 11.3 Å². The summed E-state index contributed by atoms with van der Waals surface area (Å²) in [5, 5.41) is 7.88. The summed E-state index contributed by atoms with van der Waals surface area (Å²) in [6.45, 7) is 3.78. The molecule has 2 aliphatic rings. The van der Waals surface area contributed by atoms with Gasteiger partial charge in [-0.25, -0.2) is 0 Å². The van der Waals surface area contributed by atoms with E-state index in [-0.39, 0.29) is 17.9 Å². The zero-order valence-electron chi connectivity index (χ0n) is 17.4. The molecule has 0 saturated carbocycles. The molecule has 1 unspecified atom stereocenters. The van der Waals surface area contributed by atoms with Crippen molar-refractivity contribution < 1.29 is 9.59 Å². The number of allylic oxidation sites excluding steroid dienone is 2. The van der Waals surface area contributed by atoms with Gasteiger partial charge in [0.1, 0.15) is 0 Å². The molecule has 7 heteroatoms. The SMILES string of the molecule is CC(=O)NC1=CCN(Cc2ccc(C(=O)NC3=CC(c4cccs4)=CCC3N)cc2)C1. The Morgan fingerprint density at radius 2 is 1.97 bits per heavy atom. The first-order valence-electron chi connectivity index (χ1n) is 10.3. The zero-order chi connectivity index (χ0) is 21.8. The number of hydrogen-bond donors (Lipinski definition) is 3. The molecule has 6 nitrogen and oxygen atoms in total. The van der Waals surface area contributed by atoms with Crippen LogP contribution in [0.4, 0.5) is 0 Å². The zero-order valence-corrected chi connectivity index (χ0v) is 18.2. The number of carbonyl (C=O) groups excluding carboxylic acids is 2. The molecule has 2 amide bonds. The van der Waals surface area contributed by atoms with Crippen molar-refractivity contribution in [1.82, 2.24) is 15.5 Å². The highest BCUT2D eigenvalue weighted by Crippen LogP contribution is 2.27. The van der Waals surface area contributed by atoms with Crippen LogP contribution in [0.2, 0.25) is 0 Å². The van der Waals surface area contributed by atoms with E-state index < -0.39 is 0 Å². The first kappa shape index (κ1) is 21.2. The summed E-state index contributed by atoms with van der Waals surface area (Å²) < 4.78 is 0. The van der Waals surface area contributed by atoms with Crippen molar-refractivity contribution >= 4 is 28.7 Å². The van der Waals surface area contributed by atoms with Gasteiger partial charge in [0.2, 0.25) is 5.91 Å². The molecule has 1 atom stereocenters. The van der Waals surface area contributed by atoms with E-state index in [2.05, 4.69) is 27.7 Å². The van der Waals surface area contributed by atoms with Gasteiger partial charge in [-0.1, -0.05) is 24.3 Å². The van der Waals surface area contributed by atoms with E-state index in [4.69, 9.17) is 5.73 Å². The molecule has 160 valence electrons. The van der Waals surface area contributed by atoms with Gasteiger partial charge in [0.25, 0.3) is 5.91 Å². The van der Waals surface area contributed by atoms with E-state index in [1.54, 1.807) is 11.3 Å². The van der Waals surface area contributed by atoms with Crippen molar-refractivity contribution in [3.8, 4) is 0 Å². The van der Waals surface area contributed by atoms with E-state index in [9.17, 15) is 9.59 Å². The van der Waals surface area contributed by atoms with E-state index in [0.717, 1.165) is 35.6 Å². The quantitative estimate of drug-likeness (QED) is 0.652. The van der Waals surface area contributed by atoms with Crippen LogP contribution in [0.25, 0.3) is 5.57 Å². The van der Waals surface area contributed by atoms with Crippen LogP contribution < -0.4 is 16.4 Å². The van der Waals surface area contributed by atoms with Crippen LogP contribution in [0.15, 0.2) is 71.4 Å². The summed E-state index contributed by atoms with van der Waals surface area (Å²) in [6, 6.07) is 11.5. The Balaban J connectivity index is 1.35. The van der Waals surface area contributed by atoms with Gasteiger partial charge in [-0.15, -0.1) is 11.3 Å². The summed E-state index contributed by atoms with van der Waals surface area (Å²) in [7, 11) is 0. The van der Waals surface area contributed by atoms with Crippen LogP contribution in [0.3, 0.4) is 0 Å². The standard InChI is InChI=1S/C24H26N4O2S/c1-16(29)26-20-10-11-28(15-20)14-17-4-6-18(7-5-17)24(30)27-22-13-19(8-9-21(22)25)23-3-2-12-31-23/h2-8,10,12-13,21H,9,11,14-15,25H2,1H3,(H,26,29)(H,27,30). The fourth-order valence-electron chi connectivity index (χ4n) is 3.73. The van der Waals surface area contributed by atoms with E-state index >= 15 is 0 Å². The van der Waals surface area contributed by atoms with E-state index in [0.29, 0.717) is 18.5 Å². The average molecular weight is 435 g/mol. The minimum Gasteiger partial charge on any atom is -0.329 e. The number of carbonyl (C=O) groups is 2. The lowest BCUT2D eigenvalue weighted by Crippen LogP contribution is -2.36. The second kappa shape index (κ2) is 9.43. The Morgan fingerprint density at radius 3 is 2.68 bits per heavy atom. The van der Waals surface area contributed by atoms with Gasteiger partial charge in [0.15, 0.2) is 0 Å². The highest BCUT2D eigenvalue weighted by atomic mass is 32.1. The highest BCUT2D eigenvalue weighted by molar-refractivity contribution is 7.11. The highest BCUT2D eigenvalue weighted by Gasteiger charge is 2.19. The summed E-state index contributed by atoms with van der Waals surface area (Å²) in [6.07, 6.45) is 6.82. The Kier molecular flexibility index (Phi) is 6.46. The van der Waals surface area contributed by atoms with Crippen molar-refractivity contribution in [1.29, 1.82) is 0 Å². The van der Waals surface area contributed by atoms with Crippen LogP contribution in [-0.4, -0.2) is 35.8 Å². The van der Waals surface area contributed by atoms with Crippen molar-refractivity contribution in [3.63, 3.8) is 0 Å². The number of nitrogens with one attached hydrogen (secondary N) is 2. The van der Waals surface area contributed by atoms with Crippen molar-refractivity contribution in [2.45, 2.75) is 25.9 Å². The number of rotatable bonds is 6. The first-order valence-corrected chi connectivity index (χ1v) is 11.2. The molecule has 31 heavy (non-hydrogen) atoms. The normalized spacial score (nSPS) is 18.8. The van der Waals surface area contributed by atoms with Crippen molar-refractivity contribution in [3.05, 3.63) is 87.4 Å².